The summed E-state index contributed by atoms with van der Waals surface area (Å²) in [7, 11) is 0. The molecule has 0 saturated carbocycles. The van der Waals surface area contributed by atoms with Crippen molar-refractivity contribution in [1.29, 1.82) is 0 Å². The molecule has 0 spiro atoms. The number of furan rings is 1. The van der Waals surface area contributed by atoms with Gasteiger partial charge >= 0.3 is 18.1 Å². The van der Waals surface area contributed by atoms with E-state index >= 15 is 0 Å². The second-order valence-electron chi connectivity index (χ2n) is 9.47. The van der Waals surface area contributed by atoms with Crippen molar-refractivity contribution in [2.45, 2.75) is 65.1 Å². The van der Waals surface area contributed by atoms with Crippen molar-refractivity contribution >= 4 is 38.8 Å². The Morgan fingerprint density at radius 3 is 2.45 bits per heavy atom. The minimum atomic E-state index is -4.85. The molecule has 11 heteroatoms. The van der Waals surface area contributed by atoms with Gasteiger partial charge in [0.25, 0.3) is 0 Å². The second kappa shape index (κ2) is 12.2. The zero-order valence-electron chi connectivity index (χ0n) is 21.4. The average molecular weight is 600 g/mol. The highest BCUT2D eigenvalue weighted by molar-refractivity contribution is 9.10. The van der Waals surface area contributed by atoms with Crippen LogP contribution < -0.4 is 10.1 Å². The number of carbonyl (C=O) groups excluding carboxylic acids is 2. The lowest BCUT2D eigenvalue weighted by Gasteiger charge is -2.26. The van der Waals surface area contributed by atoms with E-state index in [4.69, 9.17) is 18.6 Å². The number of halogens is 4. The molecule has 0 saturated heterocycles. The van der Waals surface area contributed by atoms with Crippen LogP contribution in [-0.2, 0) is 38.6 Å². The summed E-state index contributed by atoms with van der Waals surface area (Å²) in [5.74, 6) is -1.29. The zero-order valence-corrected chi connectivity index (χ0v) is 23.0. The summed E-state index contributed by atoms with van der Waals surface area (Å²) < 4.78 is 63.1. The molecule has 1 heterocycles. The van der Waals surface area contributed by atoms with E-state index in [0.29, 0.717) is 37.9 Å². The predicted molar refractivity (Wildman–Crippen MR) is 138 cm³/mol. The van der Waals surface area contributed by atoms with Gasteiger partial charge < -0.3 is 18.6 Å². The number of para-hydroxylation sites is 1. The van der Waals surface area contributed by atoms with E-state index in [1.807, 2.05) is 0 Å². The number of ether oxygens (including phenoxy) is 3. The minimum absolute atomic E-state index is 0.0511. The van der Waals surface area contributed by atoms with Crippen molar-refractivity contribution < 1.29 is 41.4 Å². The van der Waals surface area contributed by atoms with Gasteiger partial charge in [-0.2, -0.15) is 13.2 Å². The van der Waals surface area contributed by atoms with Crippen LogP contribution in [0.15, 0.2) is 51.6 Å². The SMILES string of the molecule is CCOC(=O)Cc1ccccc1OCc1coc2c(CNC(C(=O)OC(C)(C)C)C(F)(F)F)cc(Br)cc12. The highest BCUT2D eigenvalue weighted by atomic mass is 79.9. The summed E-state index contributed by atoms with van der Waals surface area (Å²) in [6.45, 7) is 6.27. The first kappa shape index (κ1) is 29.5. The molecule has 1 unspecified atom stereocenters. The van der Waals surface area contributed by atoms with Gasteiger partial charge in [-0.25, -0.2) is 4.79 Å². The lowest BCUT2D eigenvalue weighted by Crippen LogP contribution is -2.50. The number of fused-ring (bicyclic) bond motifs is 1. The molecule has 3 rings (SSSR count). The number of esters is 2. The Balaban J connectivity index is 1.80. The molecule has 1 aromatic heterocycles. The van der Waals surface area contributed by atoms with Crippen molar-refractivity contribution in [3.8, 4) is 5.75 Å². The summed E-state index contributed by atoms with van der Waals surface area (Å²) in [4.78, 5) is 24.2. The molecule has 2 aromatic carbocycles. The molecule has 0 radical (unpaired) electrons. The van der Waals surface area contributed by atoms with Crippen LogP contribution in [0.5, 0.6) is 5.75 Å². The third-order valence-electron chi connectivity index (χ3n) is 5.26. The first-order valence-electron chi connectivity index (χ1n) is 11.9. The average Bonchev–Trinajstić information content (AvgIpc) is 3.19. The molecule has 206 valence electrons. The summed E-state index contributed by atoms with van der Waals surface area (Å²) in [5, 5.41) is 2.89. The van der Waals surface area contributed by atoms with Gasteiger partial charge in [0.05, 0.1) is 19.3 Å². The fraction of sp³-hybridized carbons (Fsp3) is 0.407. The monoisotopic (exact) mass is 599 g/mol. The van der Waals surface area contributed by atoms with E-state index in [1.54, 1.807) is 43.3 Å². The Hall–Kier alpha value is -3.05. The van der Waals surface area contributed by atoms with Crippen LogP contribution in [0.1, 0.15) is 44.4 Å². The van der Waals surface area contributed by atoms with Crippen LogP contribution in [0.25, 0.3) is 11.0 Å². The first-order chi connectivity index (χ1) is 17.8. The largest absolute Gasteiger partial charge is 0.488 e. The van der Waals surface area contributed by atoms with E-state index in [9.17, 15) is 22.8 Å². The van der Waals surface area contributed by atoms with Crippen molar-refractivity contribution in [3.05, 3.63) is 63.8 Å². The van der Waals surface area contributed by atoms with Crippen LogP contribution in [-0.4, -0.2) is 36.4 Å². The van der Waals surface area contributed by atoms with Crippen molar-refractivity contribution in [1.82, 2.24) is 5.32 Å². The van der Waals surface area contributed by atoms with Gasteiger partial charge in [-0.3, -0.25) is 10.1 Å². The summed E-state index contributed by atoms with van der Waals surface area (Å²) in [6, 6.07) is 7.93. The molecule has 1 atom stereocenters. The van der Waals surface area contributed by atoms with Crippen molar-refractivity contribution in [2.75, 3.05) is 6.61 Å². The Labute approximate surface area is 226 Å². The number of rotatable bonds is 10. The quantitative estimate of drug-likeness (QED) is 0.276. The summed E-state index contributed by atoms with van der Waals surface area (Å²) in [6.07, 6.45) is -3.34. The fourth-order valence-corrected chi connectivity index (χ4v) is 4.19. The Morgan fingerprint density at radius 1 is 1.08 bits per heavy atom. The maximum atomic E-state index is 13.6. The van der Waals surface area contributed by atoms with Crippen LogP contribution in [0.3, 0.4) is 0 Å². The number of alkyl halides is 3. The van der Waals surface area contributed by atoms with Crippen LogP contribution in [0.4, 0.5) is 13.2 Å². The number of hydrogen-bond donors (Lipinski definition) is 1. The van der Waals surface area contributed by atoms with E-state index in [0.717, 1.165) is 0 Å². The van der Waals surface area contributed by atoms with Crippen LogP contribution in [0, 0.1) is 0 Å². The molecule has 0 aliphatic rings. The van der Waals surface area contributed by atoms with Gasteiger partial charge in [0.1, 0.15) is 23.5 Å². The lowest BCUT2D eigenvalue weighted by molar-refractivity contribution is -0.192. The van der Waals surface area contributed by atoms with Gasteiger partial charge in [0.2, 0.25) is 6.04 Å². The van der Waals surface area contributed by atoms with Crippen molar-refractivity contribution in [3.63, 3.8) is 0 Å². The minimum Gasteiger partial charge on any atom is -0.488 e. The van der Waals surface area contributed by atoms with Gasteiger partial charge in [-0.05, 0) is 45.9 Å². The molecule has 1 N–H and O–H groups in total. The van der Waals surface area contributed by atoms with Gasteiger partial charge in [-0.1, -0.05) is 34.1 Å². The van der Waals surface area contributed by atoms with E-state index in [1.165, 1.54) is 27.0 Å². The number of hydrogen-bond acceptors (Lipinski definition) is 7. The Morgan fingerprint density at radius 2 is 1.79 bits per heavy atom. The van der Waals surface area contributed by atoms with E-state index in [2.05, 4.69) is 21.2 Å². The zero-order chi connectivity index (χ0) is 28.1. The molecule has 38 heavy (non-hydrogen) atoms. The topological polar surface area (TPSA) is 87.0 Å². The first-order valence-corrected chi connectivity index (χ1v) is 12.7. The molecule has 7 nitrogen and oxygen atoms in total. The molecule has 0 fully saturated rings. The predicted octanol–water partition coefficient (Wildman–Crippen LogP) is 6.24. The van der Waals surface area contributed by atoms with Gasteiger partial charge in [-0.15, -0.1) is 0 Å². The van der Waals surface area contributed by atoms with E-state index < -0.39 is 23.8 Å². The highest BCUT2D eigenvalue weighted by Crippen LogP contribution is 2.31. The maximum Gasteiger partial charge on any atom is 0.414 e. The smallest absolute Gasteiger partial charge is 0.414 e. The van der Waals surface area contributed by atoms with Crippen LogP contribution in [0.2, 0.25) is 0 Å². The third-order valence-corrected chi connectivity index (χ3v) is 5.72. The molecular formula is C27H29BrF3NO6. The molecule has 0 aliphatic carbocycles. The Bertz CT molecular complexity index is 1280. The van der Waals surface area contributed by atoms with E-state index in [-0.39, 0.29) is 32.1 Å². The summed E-state index contributed by atoms with van der Waals surface area (Å²) in [5.41, 5.74) is 0.986. The molecular weight excluding hydrogens is 571 g/mol. The van der Waals surface area contributed by atoms with Crippen LogP contribution >= 0.6 is 15.9 Å². The summed E-state index contributed by atoms with van der Waals surface area (Å²) >= 11 is 3.39. The van der Waals surface area contributed by atoms with Crippen molar-refractivity contribution in [2.24, 2.45) is 0 Å². The highest BCUT2D eigenvalue weighted by Gasteiger charge is 2.46. The molecule has 0 aliphatic heterocycles. The lowest BCUT2D eigenvalue weighted by atomic mass is 10.1. The standard InChI is InChI=1S/C27H29BrF3NO6/c1-5-35-22(33)11-16-8-6-7-9-21(16)36-14-18-15-37-23-17(10-19(28)12-20(18)23)13-32-24(27(29,30)31)25(34)38-26(2,3)4/h6-10,12,15,24,32H,5,11,13-14H2,1-4H3. The number of carbonyl (C=O) groups is 2. The molecule has 0 amide bonds. The maximum absolute atomic E-state index is 13.6. The molecule has 3 aromatic rings. The Kier molecular flexibility index (Phi) is 9.48. The van der Waals surface area contributed by atoms with Gasteiger partial charge in [0, 0.05) is 33.1 Å². The number of nitrogens with one attached hydrogen (secondary N) is 1. The normalized spacial score (nSPS) is 12.8. The third kappa shape index (κ3) is 7.97. The second-order valence-corrected chi connectivity index (χ2v) is 10.4. The molecule has 0 bridgehead atoms. The fourth-order valence-electron chi connectivity index (χ4n) is 3.68. The van der Waals surface area contributed by atoms with Gasteiger partial charge in [0.15, 0.2) is 0 Å². The number of benzene rings is 2.